The van der Waals surface area contributed by atoms with E-state index in [2.05, 4.69) is 69.8 Å². The number of hydrogen-bond acceptors (Lipinski definition) is 8. The number of hydrogen-bond donors (Lipinski definition) is 0. The molecule has 0 saturated carbocycles. The summed E-state index contributed by atoms with van der Waals surface area (Å²) in [6.45, 7) is 7.76. The summed E-state index contributed by atoms with van der Waals surface area (Å²) >= 11 is 0. The van der Waals surface area contributed by atoms with E-state index in [0.29, 0.717) is 45.7 Å². The maximum Gasteiger partial charge on any atom is 0.233 e. The Kier molecular flexibility index (Phi) is 12.5. The second kappa shape index (κ2) is 18.9. The molecule has 10 nitrogen and oxygen atoms in total. The van der Waals surface area contributed by atoms with E-state index < -0.39 is 11.6 Å². The lowest BCUT2D eigenvalue weighted by molar-refractivity contribution is -0.646. The lowest BCUT2D eigenvalue weighted by atomic mass is 9.87. The van der Waals surface area contributed by atoms with E-state index in [4.69, 9.17) is 27.8 Å². The van der Waals surface area contributed by atoms with Gasteiger partial charge in [-0.15, -0.1) is 0 Å². The third-order valence-corrected chi connectivity index (χ3v) is 12.4. The molecular weight excluding hydrogens is 853 g/mol. The van der Waals surface area contributed by atoms with Gasteiger partial charge in [-0.3, -0.25) is 9.59 Å². The Balaban J connectivity index is 1.18. The van der Waals surface area contributed by atoms with Crippen LogP contribution in [-0.4, -0.2) is 39.0 Å². The van der Waals surface area contributed by atoms with Crippen LogP contribution in [0.2, 0.25) is 0 Å². The van der Waals surface area contributed by atoms with E-state index in [-0.39, 0.29) is 35.9 Å². The van der Waals surface area contributed by atoms with Crippen LogP contribution in [0, 0.1) is 13.8 Å². The van der Waals surface area contributed by atoms with Gasteiger partial charge in [-0.2, -0.15) is 9.13 Å². The van der Waals surface area contributed by atoms with Crippen molar-refractivity contribution in [2.24, 2.45) is 14.1 Å². The number of nitrogens with zero attached hydrogens (tertiary/aromatic N) is 2. The number of benzene rings is 4. The molecule has 9 rings (SSSR count). The van der Waals surface area contributed by atoms with Crippen molar-refractivity contribution < 1.29 is 46.5 Å². The minimum Gasteiger partial charge on any atom is -0.497 e. The fourth-order valence-electron chi connectivity index (χ4n) is 8.94. The van der Waals surface area contributed by atoms with Crippen molar-refractivity contribution in [3.8, 4) is 11.5 Å². The van der Waals surface area contributed by atoms with Crippen molar-refractivity contribution in [3.63, 3.8) is 0 Å². The van der Waals surface area contributed by atoms with Crippen LogP contribution in [0.15, 0.2) is 142 Å². The first-order valence-corrected chi connectivity index (χ1v) is 22.6. The molecule has 0 amide bonds. The number of aryl methyl sites for hydroxylation is 4. The molecule has 0 spiro atoms. The van der Waals surface area contributed by atoms with Gasteiger partial charge in [0.25, 0.3) is 0 Å². The van der Waals surface area contributed by atoms with Crippen molar-refractivity contribution in [3.05, 3.63) is 201 Å². The normalized spacial score (nSPS) is 13.2. The number of furan rings is 2. The summed E-state index contributed by atoms with van der Waals surface area (Å²) in [6.07, 6.45) is 7.92. The van der Waals surface area contributed by atoms with Gasteiger partial charge in [-0.1, -0.05) is 48.5 Å². The van der Waals surface area contributed by atoms with Gasteiger partial charge in [0.1, 0.15) is 48.6 Å². The monoisotopic (exact) mass is 904 g/mol. The molecule has 0 saturated heterocycles. The maximum absolute atomic E-state index is 15.0. The average Bonchev–Trinajstić information content (AvgIpc) is 3.91. The predicted octanol–water partition coefficient (Wildman–Crippen LogP) is 11.5. The van der Waals surface area contributed by atoms with Gasteiger partial charge in [0.2, 0.25) is 34.0 Å². The zero-order chi connectivity index (χ0) is 47.6. The number of ether oxygens (including phenoxy) is 4. The van der Waals surface area contributed by atoms with Crippen LogP contribution >= 0.6 is 0 Å². The fraction of sp³-hybridized carbons (Fsp3) is 0.172. The molecule has 0 bridgehead atoms. The zero-order valence-corrected chi connectivity index (χ0v) is 39.4. The highest BCUT2D eigenvalue weighted by atomic mass is 16.5. The van der Waals surface area contributed by atoms with E-state index in [0.717, 1.165) is 55.5 Å². The third-order valence-electron chi connectivity index (χ3n) is 12.4. The van der Waals surface area contributed by atoms with Crippen molar-refractivity contribution in [1.82, 2.24) is 0 Å². The molecule has 0 radical (unpaired) electrons. The number of carbonyl (C=O) groups is 2. The summed E-state index contributed by atoms with van der Waals surface area (Å²) < 4.78 is 40.8. The van der Waals surface area contributed by atoms with Crippen molar-refractivity contribution in [2.45, 2.75) is 27.7 Å². The number of fused-ring (bicyclic) bond motifs is 4. The molecule has 0 N–H and O–H groups in total. The van der Waals surface area contributed by atoms with Crippen LogP contribution in [0.5, 0.6) is 11.5 Å². The zero-order valence-electron chi connectivity index (χ0n) is 39.4. The number of pyridine rings is 2. The van der Waals surface area contributed by atoms with Gasteiger partial charge in [-0.05, 0) is 111 Å². The van der Waals surface area contributed by atoms with Crippen LogP contribution in [0.3, 0.4) is 0 Å². The predicted molar refractivity (Wildman–Crippen MR) is 265 cm³/mol. The molecule has 340 valence electrons. The molecule has 0 atom stereocenters. The van der Waals surface area contributed by atoms with Gasteiger partial charge in [-0.25, -0.2) is 0 Å². The lowest BCUT2D eigenvalue weighted by Crippen LogP contribution is -2.32. The number of para-hydroxylation sites is 2. The quantitative estimate of drug-likeness (QED) is 0.0604. The first-order chi connectivity index (χ1) is 33.0. The van der Waals surface area contributed by atoms with E-state index in [9.17, 15) is 0 Å². The minimum atomic E-state index is -0.498. The number of ketones is 2. The molecule has 0 unspecified atom stereocenters. The van der Waals surface area contributed by atoms with Crippen LogP contribution in [0.4, 0.5) is 0 Å². The Hall–Kier alpha value is -8.24. The number of rotatable bonds is 14. The Morgan fingerprint density at radius 1 is 0.529 bits per heavy atom. The van der Waals surface area contributed by atoms with E-state index in [1.807, 2.05) is 113 Å². The first kappa shape index (κ1) is 44.9. The van der Waals surface area contributed by atoms with Crippen molar-refractivity contribution >= 4 is 68.2 Å². The standard InChI is InChI=1S/C58H52N2O8/c1-9-65-49(33-41(37-21-27-45(63-7)28-22-37)31-43-25-19-39-15-11-13-17-47(39)59(43)5)51-35(3)67-57-53(51)55(61)58-54(56(57)62)52(36(4)68-58)50(66-10-2)34-42(38-23-29-46(64-8)30-24-38)32-44-26-20-40-16-12-14-18-48(40)60(44)6/h11-34H,9-10H2,1-8H3/q+2/b41-31+,42-32+,49-33-,50-34-. The smallest absolute Gasteiger partial charge is 0.233 e. The molecule has 1 aliphatic rings. The largest absolute Gasteiger partial charge is 0.497 e. The van der Waals surface area contributed by atoms with Gasteiger partial charge < -0.3 is 27.8 Å². The second-order valence-electron chi connectivity index (χ2n) is 16.4. The molecular formula is C58H52N2O8+2. The highest BCUT2D eigenvalue weighted by Gasteiger charge is 2.43. The topological polar surface area (TPSA) is 105 Å². The summed E-state index contributed by atoms with van der Waals surface area (Å²) in [5, 5.41) is 2.22. The van der Waals surface area contributed by atoms with Gasteiger partial charge in [0.05, 0.1) is 49.7 Å². The molecule has 8 aromatic rings. The Labute approximate surface area is 395 Å². The number of allylic oxidation sites excluding steroid dienone is 4. The van der Waals surface area contributed by atoms with Crippen LogP contribution in [-0.2, 0) is 23.6 Å². The summed E-state index contributed by atoms with van der Waals surface area (Å²) in [5.74, 6) is 1.65. The van der Waals surface area contributed by atoms with Crippen molar-refractivity contribution in [2.75, 3.05) is 27.4 Å². The molecule has 4 heterocycles. The fourth-order valence-corrected chi connectivity index (χ4v) is 8.94. The Bertz CT molecular complexity index is 3170. The van der Waals surface area contributed by atoms with Crippen LogP contribution in [0.25, 0.3) is 56.6 Å². The highest BCUT2D eigenvalue weighted by Crippen LogP contribution is 2.43. The number of aromatic nitrogens is 2. The number of methoxy groups -OCH3 is 2. The SMILES string of the molecule is CCO/C(=C\C(=C/c1ccc2ccccc2[n+]1C)c1ccc(OC)cc1)c1c(C)oc2c1C(=O)c1oc(C)c(/C(=C/C(=C\c3ccc4ccccc4[n+]3C)c3ccc(OC)cc3)OCC)c1C2=O. The summed E-state index contributed by atoms with van der Waals surface area (Å²) in [6, 6.07) is 40.2. The minimum absolute atomic E-state index is 0.0786. The van der Waals surface area contributed by atoms with E-state index >= 15 is 9.59 Å². The van der Waals surface area contributed by atoms with Crippen molar-refractivity contribution in [1.29, 1.82) is 0 Å². The third kappa shape index (κ3) is 8.30. The lowest BCUT2D eigenvalue weighted by Gasteiger charge is -2.15. The highest BCUT2D eigenvalue weighted by molar-refractivity contribution is 6.29. The Morgan fingerprint density at radius 2 is 0.912 bits per heavy atom. The summed E-state index contributed by atoms with van der Waals surface area (Å²) in [4.78, 5) is 30.0. The summed E-state index contributed by atoms with van der Waals surface area (Å²) in [7, 11) is 7.31. The Morgan fingerprint density at radius 3 is 1.28 bits per heavy atom. The van der Waals surface area contributed by atoms with E-state index in [1.54, 1.807) is 28.1 Å². The van der Waals surface area contributed by atoms with Crippen LogP contribution < -0.4 is 18.6 Å². The average molecular weight is 905 g/mol. The molecule has 68 heavy (non-hydrogen) atoms. The van der Waals surface area contributed by atoms with Gasteiger partial charge in [0.15, 0.2) is 11.5 Å². The van der Waals surface area contributed by atoms with Gasteiger partial charge in [0, 0.05) is 47.2 Å². The molecule has 4 aromatic carbocycles. The van der Waals surface area contributed by atoms with E-state index in [1.165, 1.54) is 0 Å². The molecule has 10 heteroatoms. The molecule has 0 aliphatic heterocycles. The number of carbonyl (C=O) groups excluding carboxylic acids is 2. The molecule has 1 aliphatic carbocycles. The van der Waals surface area contributed by atoms with Gasteiger partial charge >= 0.3 is 0 Å². The maximum atomic E-state index is 15.0. The second-order valence-corrected chi connectivity index (χ2v) is 16.4. The molecule has 0 fully saturated rings. The first-order valence-electron chi connectivity index (χ1n) is 22.6. The van der Waals surface area contributed by atoms with Crippen LogP contribution in [0.1, 0.15) is 91.2 Å². The molecule has 4 aromatic heterocycles. The summed E-state index contributed by atoms with van der Waals surface area (Å²) in [5.41, 5.74) is 8.19.